The highest BCUT2D eigenvalue weighted by Gasteiger charge is 2.00. The molecule has 12 heavy (non-hydrogen) atoms. The molecule has 3 nitrogen and oxygen atoms in total. The van der Waals surface area contributed by atoms with Gasteiger partial charge in [-0.15, -0.1) is 0 Å². The van der Waals surface area contributed by atoms with Crippen molar-refractivity contribution >= 4 is 15.9 Å². The van der Waals surface area contributed by atoms with Gasteiger partial charge in [0.25, 0.3) is 0 Å². The van der Waals surface area contributed by atoms with Crippen molar-refractivity contribution in [3.8, 4) is 11.3 Å². The summed E-state index contributed by atoms with van der Waals surface area (Å²) in [6, 6.07) is 3.69. The van der Waals surface area contributed by atoms with Gasteiger partial charge in [0.15, 0.2) is 0 Å². The van der Waals surface area contributed by atoms with Crippen LogP contribution >= 0.6 is 15.9 Å². The van der Waals surface area contributed by atoms with Crippen LogP contribution in [0.5, 0.6) is 0 Å². The Labute approximate surface area is 77.6 Å². The lowest BCUT2D eigenvalue weighted by Crippen LogP contribution is -1.82. The summed E-state index contributed by atoms with van der Waals surface area (Å²) < 4.78 is 5.71. The fourth-order valence-electron chi connectivity index (χ4n) is 0.902. The van der Waals surface area contributed by atoms with Crippen molar-refractivity contribution in [3.05, 3.63) is 35.6 Å². The van der Waals surface area contributed by atoms with Crippen molar-refractivity contribution in [2.24, 2.45) is 0 Å². The highest BCUT2D eigenvalue weighted by atomic mass is 79.9. The second-order valence-electron chi connectivity index (χ2n) is 2.24. The molecule has 0 aromatic carbocycles. The minimum absolute atomic E-state index is 0.772. The van der Waals surface area contributed by atoms with Crippen LogP contribution in [-0.2, 0) is 0 Å². The number of halogens is 1. The van der Waals surface area contributed by atoms with Gasteiger partial charge in [0.1, 0.15) is 10.9 Å². The largest absolute Gasteiger partial charge is 0.472 e. The van der Waals surface area contributed by atoms with Gasteiger partial charge in [-0.1, -0.05) is 0 Å². The third-order valence-electron chi connectivity index (χ3n) is 1.45. The van der Waals surface area contributed by atoms with Crippen LogP contribution in [0, 0.1) is 0 Å². The highest BCUT2D eigenvalue weighted by Crippen LogP contribution is 2.18. The first-order valence-corrected chi connectivity index (χ1v) is 4.16. The number of furan rings is 1. The fraction of sp³-hybridized carbons (Fsp3) is 0. The zero-order valence-electron chi connectivity index (χ0n) is 6.07. The van der Waals surface area contributed by atoms with E-state index in [1.165, 1.54) is 6.33 Å². The molecule has 0 saturated carbocycles. The van der Waals surface area contributed by atoms with E-state index in [9.17, 15) is 0 Å². The average Bonchev–Trinajstić information content (AvgIpc) is 2.56. The Morgan fingerprint density at radius 1 is 1.33 bits per heavy atom. The van der Waals surface area contributed by atoms with Crippen LogP contribution in [0.3, 0.4) is 0 Å². The lowest BCUT2D eigenvalue weighted by molar-refractivity contribution is 0.568. The Kier molecular flexibility index (Phi) is 1.91. The topological polar surface area (TPSA) is 38.9 Å². The van der Waals surface area contributed by atoms with Gasteiger partial charge in [0.2, 0.25) is 0 Å². The predicted octanol–water partition coefficient (Wildman–Crippen LogP) is 2.50. The first-order chi connectivity index (χ1) is 5.86. The van der Waals surface area contributed by atoms with Crippen molar-refractivity contribution in [1.29, 1.82) is 0 Å². The van der Waals surface area contributed by atoms with E-state index in [4.69, 9.17) is 4.42 Å². The summed E-state index contributed by atoms with van der Waals surface area (Å²) in [5.74, 6) is 0. The molecule has 0 aliphatic carbocycles. The molecule has 0 aliphatic rings. The van der Waals surface area contributed by atoms with Crippen LogP contribution in [0.1, 0.15) is 0 Å². The van der Waals surface area contributed by atoms with Gasteiger partial charge in [-0.05, 0) is 28.1 Å². The van der Waals surface area contributed by atoms with Crippen LogP contribution in [0.25, 0.3) is 11.3 Å². The van der Waals surface area contributed by atoms with Gasteiger partial charge in [0.05, 0.1) is 18.2 Å². The molecule has 2 heterocycles. The molecule has 4 heteroatoms. The monoisotopic (exact) mass is 224 g/mol. The van der Waals surface area contributed by atoms with Crippen molar-refractivity contribution in [3.63, 3.8) is 0 Å². The Balaban J connectivity index is 2.48. The molecule has 0 amide bonds. The first kappa shape index (κ1) is 7.49. The lowest BCUT2D eigenvalue weighted by Gasteiger charge is -1.94. The molecule has 60 valence electrons. The first-order valence-electron chi connectivity index (χ1n) is 3.36. The summed E-state index contributed by atoms with van der Waals surface area (Å²) in [6.45, 7) is 0. The number of rotatable bonds is 1. The number of nitrogens with zero attached hydrogens (tertiary/aromatic N) is 2. The molecule has 2 aromatic rings. The van der Waals surface area contributed by atoms with E-state index in [0.29, 0.717) is 0 Å². The van der Waals surface area contributed by atoms with E-state index in [1.807, 2.05) is 12.1 Å². The molecule has 0 saturated heterocycles. The summed E-state index contributed by atoms with van der Waals surface area (Å²) in [7, 11) is 0. The normalized spacial score (nSPS) is 10.1. The predicted molar refractivity (Wildman–Crippen MR) is 47.4 cm³/mol. The molecule has 0 bridgehead atoms. The van der Waals surface area contributed by atoms with E-state index in [-0.39, 0.29) is 0 Å². The maximum Gasteiger partial charge on any atom is 0.117 e. The van der Waals surface area contributed by atoms with Gasteiger partial charge in [0, 0.05) is 5.56 Å². The third-order valence-corrected chi connectivity index (χ3v) is 1.88. The molecule has 0 radical (unpaired) electrons. The maximum atomic E-state index is 4.93. The molecular weight excluding hydrogens is 220 g/mol. The Morgan fingerprint density at radius 2 is 2.25 bits per heavy atom. The molecule has 0 N–H and O–H groups in total. The highest BCUT2D eigenvalue weighted by molar-refractivity contribution is 9.10. The quantitative estimate of drug-likeness (QED) is 0.700. The van der Waals surface area contributed by atoms with E-state index in [1.54, 1.807) is 12.5 Å². The molecule has 0 spiro atoms. The maximum absolute atomic E-state index is 4.93. The van der Waals surface area contributed by atoms with Gasteiger partial charge in [-0.25, -0.2) is 9.97 Å². The molecular formula is C8H5BrN2O. The van der Waals surface area contributed by atoms with Crippen molar-refractivity contribution < 1.29 is 4.42 Å². The summed E-state index contributed by atoms with van der Waals surface area (Å²) >= 11 is 3.27. The van der Waals surface area contributed by atoms with E-state index < -0.39 is 0 Å². The van der Waals surface area contributed by atoms with Gasteiger partial charge < -0.3 is 4.42 Å². The molecule has 0 fully saturated rings. The number of aromatic nitrogens is 2. The minimum Gasteiger partial charge on any atom is -0.472 e. The summed E-state index contributed by atoms with van der Waals surface area (Å²) in [6.07, 6.45) is 4.77. The van der Waals surface area contributed by atoms with Crippen molar-refractivity contribution in [2.45, 2.75) is 0 Å². The molecule has 0 unspecified atom stereocenters. The Bertz CT molecular complexity index is 372. The second kappa shape index (κ2) is 3.06. The Hall–Kier alpha value is -1.16. The van der Waals surface area contributed by atoms with Crippen LogP contribution in [0.4, 0.5) is 0 Å². The minimum atomic E-state index is 0.772. The molecule has 0 atom stereocenters. The molecule has 2 rings (SSSR count). The Morgan fingerprint density at radius 3 is 2.92 bits per heavy atom. The summed E-state index contributed by atoms with van der Waals surface area (Å²) in [4.78, 5) is 8.01. The van der Waals surface area contributed by atoms with Crippen LogP contribution in [0.15, 0.2) is 40.0 Å². The third kappa shape index (κ3) is 1.38. The number of hydrogen-bond donors (Lipinski definition) is 0. The zero-order chi connectivity index (χ0) is 8.39. The van der Waals surface area contributed by atoms with E-state index in [0.717, 1.165) is 15.9 Å². The zero-order valence-corrected chi connectivity index (χ0v) is 7.65. The van der Waals surface area contributed by atoms with Gasteiger partial charge in [-0.2, -0.15) is 0 Å². The smallest absolute Gasteiger partial charge is 0.117 e. The average molecular weight is 225 g/mol. The van der Waals surface area contributed by atoms with Crippen molar-refractivity contribution in [1.82, 2.24) is 9.97 Å². The summed E-state index contributed by atoms with van der Waals surface area (Å²) in [5.41, 5.74) is 1.81. The second-order valence-corrected chi connectivity index (χ2v) is 3.05. The van der Waals surface area contributed by atoms with E-state index in [2.05, 4.69) is 25.9 Å². The number of hydrogen-bond acceptors (Lipinski definition) is 3. The fourth-order valence-corrected chi connectivity index (χ4v) is 1.21. The van der Waals surface area contributed by atoms with Crippen LogP contribution in [-0.4, -0.2) is 9.97 Å². The SMILES string of the molecule is Brc1cc(-c2ccoc2)ncn1. The van der Waals surface area contributed by atoms with Gasteiger partial charge >= 0.3 is 0 Å². The lowest BCUT2D eigenvalue weighted by atomic mass is 10.2. The van der Waals surface area contributed by atoms with Crippen LogP contribution < -0.4 is 0 Å². The van der Waals surface area contributed by atoms with Crippen LogP contribution in [0.2, 0.25) is 0 Å². The molecule has 0 aliphatic heterocycles. The summed E-state index contributed by atoms with van der Waals surface area (Å²) in [5, 5.41) is 0. The standard InChI is InChI=1S/C8H5BrN2O/c9-8-3-7(10-5-11-8)6-1-2-12-4-6/h1-5H. The van der Waals surface area contributed by atoms with E-state index >= 15 is 0 Å². The van der Waals surface area contributed by atoms with Gasteiger partial charge in [-0.3, -0.25) is 0 Å². The molecule has 2 aromatic heterocycles. The van der Waals surface area contributed by atoms with Crippen molar-refractivity contribution in [2.75, 3.05) is 0 Å².